The molecule has 1 heterocycles. The summed E-state index contributed by atoms with van der Waals surface area (Å²) in [6, 6.07) is 0.737. The Balaban J connectivity index is 2.30. The van der Waals surface area contributed by atoms with Crippen molar-refractivity contribution in [1.29, 1.82) is 0 Å². The third-order valence-corrected chi connectivity index (χ3v) is 3.23. The van der Waals surface area contributed by atoms with E-state index in [4.69, 9.17) is 0 Å². The number of hydrogen-bond donors (Lipinski definition) is 1. The lowest BCUT2D eigenvalue weighted by atomic mass is 10.1. The average molecular weight is 163 g/mol. The van der Waals surface area contributed by atoms with Gasteiger partial charge < -0.3 is 0 Å². The van der Waals surface area contributed by atoms with Crippen LogP contribution in [0.5, 0.6) is 0 Å². The van der Waals surface area contributed by atoms with Gasteiger partial charge in [0.05, 0.1) is 0 Å². The van der Waals surface area contributed by atoms with Gasteiger partial charge in [-0.2, -0.15) is 0 Å². The zero-order chi connectivity index (χ0) is 6.69. The first-order chi connectivity index (χ1) is 4.34. The predicted molar refractivity (Wildman–Crippen MR) is 46.6 cm³/mol. The van der Waals surface area contributed by atoms with Crippen LogP contribution in [-0.2, 0) is 0 Å². The molecule has 1 fully saturated rings. The van der Waals surface area contributed by atoms with E-state index in [1.54, 1.807) is 11.0 Å². The second-order valence-corrected chi connectivity index (χ2v) is 3.69. The summed E-state index contributed by atoms with van der Waals surface area (Å²) in [5, 5.41) is 0. The van der Waals surface area contributed by atoms with Crippen LogP contribution in [0.25, 0.3) is 0 Å². The van der Waals surface area contributed by atoms with Gasteiger partial charge in [-0.05, 0) is 30.7 Å². The number of rotatable bonds is 1. The third-order valence-electron chi connectivity index (χ3n) is 1.85. The van der Waals surface area contributed by atoms with Crippen molar-refractivity contribution < 1.29 is 0 Å². The molecule has 0 amide bonds. The topological polar surface area (TPSA) is 3.24 Å². The molecule has 0 N–H and O–H groups in total. The molecule has 0 aliphatic carbocycles. The molecule has 1 unspecified atom stereocenters. The Bertz CT molecular complexity index is 87.1. The van der Waals surface area contributed by atoms with Gasteiger partial charge in [0.1, 0.15) is 0 Å². The monoisotopic (exact) mass is 163 g/mol. The first-order valence-corrected chi connectivity index (χ1v) is 5.25. The molecule has 0 aromatic rings. The minimum Gasteiger partial charge on any atom is -0.239 e. The fourth-order valence-corrected chi connectivity index (χ4v) is 2.40. The first-order valence-electron chi connectivity index (χ1n) is 3.43. The highest BCUT2D eigenvalue weighted by Crippen LogP contribution is 2.25. The van der Waals surface area contributed by atoms with Crippen LogP contribution in [0.1, 0.15) is 26.2 Å². The normalized spacial score (nSPS) is 30.7. The van der Waals surface area contributed by atoms with Crippen LogP contribution >= 0.6 is 22.6 Å². The second-order valence-electron chi connectivity index (χ2n) is 2.57. The maximum Gasteiger partial charge on any atom is 0.0182 e. The molecule has 0 aromatic carbocycles. The summed E-state index contributed by atoms with van der Waals surface area (Å²) in [6.07, 6.45) is 4.08. The fraction of sp³-hybridized carbons (Fsp3) is 1.00. The van der Waals surface area contributed by atoms with Crippen molar-refractivity contribution >= 4 is 22.6 Å². The summed E-state index contributed by atoms with van der Waals surface area (Å²) in [7, 11) is 1.58. The average Bonchev–Trinajstić information content (AvgIpc) is 1.89. The van der Waals surface area contributed by atoms with Gasteiger partial charge in [-0.3, -0.25) is 0 Å². The van der Waals surface area contributed by atoms with Crippen LogP contribution in [-0.4, -0.2) is 16.9 Å². The summed E-state index contributed by atoms with van der Waals surface area (Å²) in [5.41, 5.74) is 0. The zero-order valence-corrected chi connectivity index (χ0v) is 7.42. The Hall–Kier alpha value is 0.660. The second kappa shape index (κ2) is 3.74. The van der Waals surface area contributed by atoms with E-state index in [0.717, 1.165) is 6.04 Å². The zero-order valence-electron chi connectivity index (χ0n) is 5.71. The van der Waals surface area contributed by atoms with Crippen molar-refractivity contribution in [3.63, 3.8) is 0 Å². The molecule has 9 heavy (non-hydrogen) atoms. The van der Waals surface area contributed by atoms with Gasteiger partial charge in [-0.25, -0.2) is 4.31 Å². The van der Waals surface area contributed by atoms with Crippen LogP contribution < -0.4 is 0 Å². The Kier molecular flexibility index (Phi) is 3.22. The highest BCUT2D eigenvalue weighted by molar-refractivity contribution is 8.67. The van der Waals surface area contributed by atoms with Gasteiger partial charge in [0.2, 0.25) is 0 Å². The summed E-state index contributed by atoms with van der Waals surface area (Å²) < 4.78 is 2.34. The van der Waals surface area contributed by atoms with Crippen molar-refractivity contribution in [3.05, 3.63) is 0 Å². The maximum absolute atomic E-state index is 4.17. The highest BCUT2D eigenvalue weighted by Gasteiger charge is 2.16. The van der Waals surface area contributed by atoms with E-state index in [9.17, 15) is 0 Å². The molecule has 1 aliphatic heterocycles. The van der Waals surface area contributed by atoms with Crippen molar-refractivity contribution in [2.45, 2.75) is 32.2 Å². The van der Waals surface area contributed by atoms with Gasteiger partial charge in [0, 0.05) is 12.6 Å². The molecule has 1 atom stereocenters. The number of hydrogen-bond acceptors (Lipinski definition) is 3. The van der Waals surface area contributed by atoms with Gasteiger partial charge in [0.25, 0.3) is 0 Å². The van der Waals surface area contributed by atoms with Crippen LogP contribution in [0.2, 0.25) is 0 Å². The number of nitrogens with zero attached hydrogens (tertiary/aromatic N) is 1. The Morgan fingerprint density at radius 2 is 2.33 bits per heavy atom. The minimum absolute atomic E-state index is 0.737. The van der Waals surface area contributed by atoms with Crippen molar-refractivity contribution in [2.75, 3.05) is 6.54 Å². The van der Waals surface area contributed by atoms with E-state index in [-0.39, 0.29) is 0 Å². The highest BCUT2D eigenvalue weighted by atomic mass is 33.1. The van der Waals surface area contributed by atoms with E-state index in [2.05, 4.69) is 22.9 Å². The first kappa shape index (κ1) is 7.76. The molecule has 54 valence electrons. The standard InChI is InChI=1S/C6H13NS2/c1-6-4-2-3-5-7(6)9-8/h6,8H,2-5H2,1H3. The molecule has 3 heteroatoms. The fourth-order valence-electron chi connectivity index (χ4n) is 1.19. The van der Waals surface area contributed by atoms with E-state index in [0.29, 0.717) is 0 Å². The Morgan fingerprint density at radius 3 is 2.78 bits per heavy atom. The molecule has 1 saturated heterocycles. The Morgan fingerprint density at radius 1 is 1.56 bits per heavy atom. The lowest BCUT2D eigenvalue weighted by Gasteiger charge is -2.29. The summed E-state index contributed by atoms with van der Waals surface area (Å²) in [6.45, 7) is 3.48. The molecular weight excluding hydrogens is 150 g/mol. The molecule has 1 rings (SSSR count). The van der Waals surface area contributed by atoms with E-state index < -0.39 is 0 Å². The molecule has 1 nitrogen and oxygen atoms in total. The van der Waals surface area contributed by atoms with Gasteiger partial charge in [0.15, 0.2) is 0 Å². The van der Waals surface area contributed by atoms with Crippen LogP contribution in [0.3, 0.4) is 0 Å². The molecular formula is C6H13NS2. The SMILES string of the molecule is CC1CCCCN1SS. The lowest BCUT2D eigenvalue weighted by molar-refractivity contribution is 0.295. The number of thiol groups is 1. The molecule has 0 saturated carbocycles. The van der Waals surface area contributed by atoms with E-state index in [1.165, 1.54) is 25.8 Å². The predicted octanol–water partition coefficient (Wildman–Crippen LogP) is 2.35. The van der Waals surface area contributed by atoms with E-state index in [1.807, 2.05) is 0 Å². The van der Waals surface area contributed by atoms with Crippen molar-refractivity contribution in [2.24, 2.45) is 0 Å². The van der Waals surface area contributed by atoms with Gasteiger partial charge in [-0.1, -0.05) is 18.1 Å². The molecule has 0 radical (unpaired) electrons. The summed E-state index contributed by atoms with van der Waals surface area (Å²) >= 11 is 4.17. The largest absolute Gasteiger partial charge is 0.239 e. The van der Waals surface area contributed by atoms with Crippen LogP contribution in [0, 0.1) is 0 Å². The van der Waals surface area contributed by atoms with Gasteiger partial charge in [-0.15, -0.1) is 0 Å². The maximum atomic E-state index is 4.17. The molecule has 1 aliphatic rings. The van der Waals surface area contributed by atoms with Gasteiger partial charge >= 0.3 is 0 Å². The Labute approximate surface area is 66.1 Å². The number of piperidine rings is 1. The van der Waals surface area contributed by atoms with Crippen molar-refractivity contribution in [1.82, 2.24) is 4.31 Å². The quantitative estimate of drug-likeness (QED) is 0.359. The summed E-state index contributed by atoms with van der Waals surface area (Å²) in [4.78, 5) is 0. The summed E-state index contributed by atoms with van der Waals surface area (Å²) in [5.74, 6) is 0. The minimum atomic E-state index is 0.737. The van der Waals surface area contributed by atoms with E-state index >= 15 is 0 Å². The molecule has 0 spiro atoms. The molecule has 0 aromatic heterocycles. The van der Waals surface area contributed by atoms with Crippen LogP contribution in [0.4, 0.5) is 0 Å². The smallest absolute Gasteiger partial charge is 0.0182 e. The van der Waals surface area contributed by atoms with Crippen LogP contribution in [0.15, 0.2) is 0 Å². The molecule has 0 bridgehead atoms. The lowest BCUT2D eigenvalue weighted by Crippen LogP contribution is -2.30. The third kappa shape index (κ3) is 2.06. The van der Waals surface area contributed by atoms with Crippen molar-refractivity contribution in [3.8, 4) is 0 Å².